The van der Waals surface area contributed by atoms with Crippen LogP contribution in [0.1, 0.15) is 105 Å². The maximum absolute atomic E-state index is 7.37. The van der Waals surface area contributed by atoms with Gasteiger partial charge < -0.3 is 18.6 Å². The van der Waals surface area contributed by atoms with Gasteiger partial charge in [-0.1, -0.05) is 206 Å². The van der Waals surface area contributed by atoms with Crippen molar-refractivity contribution in [2.45, 2.75) is 131 Å². The van der Waals surface area contributed by atoms with Crippen molar-refractivity contribution in [3.05, 3.63) is 192 Å². The third-order valence-electron chi connectivity index (χ3n) is 23.6. The fourth-order valence-electron chi connectivity index (χ4n) is 16.6. The number of hydrogen-bond donors (Lipinski definition) is 0. The highest BCUT2D eigenvalue weighted by molar-refractivity contribution is 7.13. The van der Waals surface area contributed by atoms with E-state index in [1.807, 2.05) is 0 Å². The maximum Gasteiger partial charge on any atom is 0.145 e. The smallest absolute Gasteiger partial charge is 0.145 e. The van der Waals surface area contributed by atoms with E-state index < -0.39 is 16.1 Å². The summed E-state index contributed by atoms with van der Waals surface area (Å²) in [5.41, 5.74) is 21.6. The molecule has 4 aliphatic rings. The largest absolute Gasteiger partial charge is 0.455 e. The van der Waals surface area contributed by atoms with Gasteiger partial charge in [0.2, 0.25) is 0 Å². The zero-order valence-corrected chi connectivity index (χ0v) is 52.9. The Morgan fingerprint density at radius 2 is 0.683 bits per heavy atom. The molecule has 11 aromatic rings. The van der Waals surface area contributed by atoms with Crippen LogP contribution in [0.5, 0.6) is 0 Å². The van der Waals surface area contributed by atoms with Crippen LogP contribution in [-0.4, -0.2) is 16.1 Å². The van der Waals surface area contributed by atoms with E-state index in [1.54, 1.807) is 10.4 Å². The molecule has 0 fully saturated rings. The molecule has 15 rings (SSSR count). The lowest BCUT2D eigenvalue weighted by atomic mass is 9.59. The average Bonchev–Trinajstić information content (AvgIpc) is 2.64. The van der Waals surface area contributed by atoms with Gasteiger partial charge in [0.05, 0.1) is 22.1 Å². The van der Waals surface area contributed by atoms with Crippen molar-refractivity contribution in [2.75, 3.05) is 9.80 Å². The molecular weight excluding hydrogens is 1030 g/mol. The molecule has 0 saturated carbocycles. The van der Waals surface area contributed by atoms with Crippen LogP contribution in [0.4, 0.5) is 34.1 Å². The number of para-hydroxylation sites is 4. The van der Waals surface area contributed by atoms with Gasteiger partial charge in [0.1, 0.15) is 38.5 Å². The molecule has 2 aliphatic heterocycles. The van der Waals surface area contributed by atoms with Crippen molar-refractivity contribution in [1.29, 1.82) is 0 Å². The Morgan fingerprint density at radius 3 is 1.06 bits per heavy atom. The van der Waals surface area contributed by atoms with Crippen LogP contribution in [0.15, 0.2) is 179 Å². The fourth-order valence-corrected chi connectivity index (χ4v) is 25.0. The first-order valence-electron chi connectivity index (χ1n) is 29.9. The van der Waals surface area contributed by atoms with E-state index in [2.05, 4.69) is 289 Å². The van der Waals surface area contributed by atoms with E-state index in [1.165, 1.54) is 77.6 Å². The molecule has 4 nitrogen and oxygen atoms in total. The van der Waals surface area contributed by atoms with Gasteiger partial charge in [0.15, 0.2) is 0 Å². The van der Waals surface area contributed by atoms with Gasteiger partial charge in [0, 0.05) is 44.6 Å². The molecule has 0 bridgehead atoms. The summed E-state index contributed by atoms with van der Waals surface area (Å²) in [4.78, 5) is 5.10. The van der Waals surface area contributed by atoms with Gasteiger partial charge in [-0.2, -0.15) is 0 Å². The summed E-state index contributed by atoms with van der Waals surface area (Å²) in [6.07, 6.45) is 0. The number of anilines is 6. The molecule has 0 radical (unpaired) electrons. The first kappa shape index (κ1) is 51.5. The second kappa shape index (κ2) is 16.2. The molecule has 2 aliphatic carbocycles. The molecule has 0 saturated heterocycles. The molecule has 6 heteroatoms. The molecule has 0 atom stereocenters. The summed E-state index contributed by atoms with van der Waals surface area (Å²) >= 11 is 0. The monoisotopic (exact) mass is 1100 g/mol. The predicted octanol–water partition coefficient (Wildman–Crippen LogP) is 19.2. The van der Waals surface area contributed by atoms with Crippen LogP contribution in [0.3, 0.4) is 0 Å². The number of rotatable bonds is 6. The Bertz CT molecular complexity index is 4290. The first-order valence-corrected chi connectivity index (χ1v) is 35.9. The van der Waals surface area contributed by atoms with Gasteiger partial charge in [-0.05, 0) is 159 Å². The van der Waals surface area contributed by atoms with E-state index in [0.29, 0.717) is 0 Å². The van der Waals surface area contributed by atoms with E-state index in [-0.39, 0.29) is 32.5 Å². The second-order valence-corrected chi connectivity index (χ2v) is 37.5. The molecule has 0 spiro atoms. The molecular formula is C76H76N2O2Si2. The predicted molar refractivity (Wildman–Crippen MR) is 354 cm³/mol. The van der Waals surface area contributed by atoms with E-state index in [0.717, 1.165) is 55.3 Å². The summed E-state index contributed by atoms with van der Waals surface area (Å²) in [7, 11) is -5.14. The van der Waals surface area contributed by atoms with Crippen molar-refractivity contribution in [2.24, 2.45) is 10.8 Å². The molecule has 82 heavy (non-hydrogen) atoms. The number of benzene rings is 9. The molecule has 0 unspecified atom stereocenters. The first-order chi connectivity index (χ1) is 38.8. The summed E-state index contributed by atoms with van der Waals surface area (Å²) < 4.78 is 14.7. The zero-order chi connectivity index (χ0) is 57.4. The van der Waals surface area contributed by atoms with Gasteiger partial charge in [-0.3, -0.25) is 0 Å². The quantitative estimate of drug-likeness (QED) is 0.155. The van der Waals surface area contributed by atoms with E-state index in [4.69, 9.17) is 8.83 Å². The SMILES string of the molecule is CC1(C)c2ccc(N(c3ccccc3)c3cc4c(c5oc6ccccc6c35)-c3ccc5c(c3[Si]4(C)C)[Si](C)(C)c3cc(N(c4ccccc4)c4ccc6c(c4)C(C)(C)C(C)(C)C6(C)C)c4c(oc6ccccc64)c3-5)cc2C(C)(C)C1(C)C. The van der Waals surface area contributed by atoms with Crippen LogP contribution >= 0.6 is 0 Å². The Labute approximate surface area is 486 Å². The van der Waals surface area contributed by atoms with E-state index >= 15 is 0 Å². The standard InChI is InChI=1S/C76H76N2O2Si2/c1-71(2)53-39-35-47(41-55(53)73(5,6)75(71,9)10)77(45-27-19-17-20-28-45)57-43-61-65(67-63(57)49-31-23-25-33-59(49)79-67)51-37-38-52-66-62(82(15,16)70(52)69(51)81(61,13)14)44-58(64-50-32-24-26-34-60(50)80-68(64)66)78(46-29-21-18-22-30-46)48-36-40-54-56(42-48)74(7,8)76(11,12)72(54,3)4/h17-44H,1-16H3. The molecule has 0 amide bonds. The molecule has 2 aromatic heterocycles. The Hall–Kier alpha value is -7.39. The number of hydrogen-bond acceptors (Lipinski definition) is 4. The minimum Gasteiger partial charge on any atom is -0.455 e. The molecule has 9 aromatic carbocycles. The summed E-state index contributed by atoms with van der Waals surface area (Å²) in [5.74, 6) is 0. The van der Waals surface area contributed by atoms with Crippen molar-refractivity contribution < 1.29 is 8.83 Å². The number of nitrogens with zero attached hydrogens (tertiary/aromatic N) is 2. The van der Waals surface area contributed by atoms with Gasteiger partial charge in [-0.25, -0.2) is 0 Å². The van der Waals surface area contributed by atoms with Crippen LogP contribution < -0.4 is 30.5 Å². The molecule has 4 heterocycles. The highest BCUT2D eigenvalue weighted by Crippen LogP contribution is 2.64. The lowest BCUT2D eigenvalue weighted by Crippen LogP contribution is -2.63. The second-order valence-electron chi connectivity index (χ2n) is 29.0. The number of furan rings is 2. The lowest BCUT2D eigenvalue weighted by Gasteiger charge is -2.44. The van der Waals surface area contributed by atoms with Crippen LogP contribution in [-0.2, 0) is 21.7 Å². The minimum absolute atomic E-state index is 0.00433. The van der Waals surface area contributed by atoms with Crippen molar-refractivity contribution >= 4 is 115 Å². The van der Waals surface area contributed by atoms with Gasteiger partial charge in [0.25, 0.3) is 0 Å². The lowest BCUT2D eigenvalue weighted by molar-refractivity contribution is 0.125. The Morgan fingerprint density at radius 1 is 0.341 bits per heavy atom. The third kappa shape index (κ3) is 6.17. The Kier molecular flexibility index (Phi) is 10.2. The van der Waals surface area contributed by atoms with Crippen LogP contribution in [0.2, 0.25) is 26.2 Å². The minimum atomic E-state index is -2.57. The van der Waals surface area contributed by atoms with Crippen LogP contribution in [0, 0.1) is 10.8 Å². The third-order valence-corrected chi connectivity index (χ3v) is 30.8. The molecule has 0 N–H and O–H groups in total. The summed E-state index contributed by atoms with van der Waals surface area (Å²) in [6, 6.07) is 64.4. The number of fused-ring (bicyclic) bond motifs is 17. The highest BCUT2D eigenvalue weighted by atomic mass is 28.3. The highest BCUT2D eigenvalue weighted by Gasteiger charge is 2.59. The summed E-state index contributed by atoms with van der Waals surface area (Å²) in [6.45, 7) is 39.9. The average molecular weight is 1110 g/mol. The Balaban J connectivity index is 0.973. The summed E-state index contributed by atoms with van der Waals surface area (Å²) in [5, 5.41) is 10.6. The fraction of sp³-hybridized carbons (Fsp3) is 0.289. The van der Waals surface area contributed by atoms with E-state index in [9.17, 15) is 0 Å². The zero-order valence-electron chi connectivity index (χ0n) is 50.9. The van der Waals surface area contributed by atoms with Crippen molar-refractivity contribution in [3.8, 4) is 22.3 Å². The normalized spacial score (nSPS) is 19.0. The van der Waals surface area contributed by atoms with Gasteiger partial charge in [-0.15, -0.1) is 0 Å². The maximum atomic E-state index is 7.37. The molecule has 410 valence electrons. The van der Waals surface area contributed by atoms with Crippen molar-refractivity contribution in [3.63, 3.8) is 0 Å². The van der Waals surface area contributed by atoms with Crippen LogP contribution in [0.25, 0.3) is 66.1 Å². The topological polar surface area (TPSA) is 32.8 Å². The van der Waals surface area contributed by atoms with Crippen molar-refractivity contribution in [1.82, 2.24) is 0 Å². The van der Waals surface area contributed by atoms with Gasteiger partial charge >= 0.3 is 0 Å².